The molecule has 0 bridgehead atoms. The molecule has 2 amide bonds. The molecule has 2 aromatic carbocycles. The summed E-state index contributed by atoms with van der Waals surface area (Å²) in [6.45, 7) is 7.99. The van der Waals surface area contributed by atoms with E-state index in [0.29, 0.717) is 38.5 Å². The van der Waals surface area contributed by atoms with Gasteiger partial charge in [0.2, 0.25) is 0 Å². The maximum atomic E-state index is 13.6. The van der Waals surface area contributed by atoms with Crippen LogP contribution >= 0.6 is 0 Å². The lowest BCUT2D eigenvalue weighted by molar-refractivity contribution is 0.0563. The largest absolute Gasteiger partial charge is 0.450 e. The smallest absolute Gasteiger partial charge is 0.409 e. The van der Waals surface area contributed by atoms with E-state index in [0.717, 1.165) is 28.1 Å². The van der Waals surface area contributed by atoms with E-state index in [1.807, 2.05) is 62.4 Å². The monoisotopic (exact) mass is 432 g/mol. The van der Waals surface area contributed by atoms with Crippen LogP contribution in [0.2, 0.25) is 0 Å². The maximum absolute atomic E-state index is 13.6. The summed E-state index contributed by atoms with van der Waals surface area (Å²) in [7, 11) is 0. The summed E-state index contributed by atoms with van der Waals surface area (Å²) >= 11 is 0. The highest BCUT2D eigenvalue weighted by Crippen LogP contribution is 2.25. The fourth-order valence-electron chi connectivity index (χ4n) is 3.88. The molecule has 1 fully saturated rings. The lowest BCUT2D eigenvalue weighted by Gasteiger charge is -2.34. The molecule has 0 N–H and O–H groups in total. The summed E-state index contributed by atoms with van der Waals surface area (Å²) in [5, 5.41) is 4.82. The van der Waals surface area contributed by atoms with Gasteiger partial charge in [0.05, 0.1) is 18.0 Å². The molecule has 1 aliphatic heterocycles. The number of hydrogen-bond acceptors (Lipinski definition) is 4. The number of nitrogens with zero attached hydrogens (tertiary/aromatic N) is 4. The third kappa shape index (κ3) is 4.37. The number of rotatable bonds is 4. The van der Waals surface area contributed by atoms with E-state index in [-0.39, 0.29) is 12.0 Å². The Morgan fingerprint density at radius 3 is 2.31 bits per heavy atom. The number of carbonyl (C=O) groups excluding carboxylic acids is 2. The number of hydrogen-bond donors (Lipinski definition) is 0. The Balaban J connectivity index is 1.67. The lowest BCUT2D eigenvalue weighted by atomic mass is 10.1. The summed E-state index contributed by atoms with van der Waals surface area (Å²) in [4.78, 5) is 29.0. The second-order valence-electron chi connectivity index (χ2n) is 7.96. The molecule has 1 aliphatic rings. The Morgan fingerprint density at radius 1 is 0.938 bits per heavy atom. The molecule has 1 aromatic heterocycles. The van der Waals surface area contributed by atoms with Gasteiger partial charge in [-0.25, -0.2) is 9.48 Å². The van der Waals surface area contributed by atoms with Crippen molar-refractivity contribution >= 4 is 12.0 Å². The molecule has 0 saturated carbocycles. The number of piperazine rings is 1. The second-order valence-corrected chi connectivity index (χ2v) is 7.96. The maximum Gasteiger partial charge on any atom is 0.409 e. The zero-order valence-electron chi connectivity index (χ0n) is 18.7. The van der Waals surface area contributed by atoms with Crippen molar-refractivity contribution in [3.63, 3.8) is 0 Å². The predicted octanol–water partition coefficient (Wildman–Crippen LogP) is 4.07. The molecule has 1 saturated heterocycles. The first-order valence-corrected chi connectivity index (χ1v) is 10.9. The molecular formula is C25H28N4O3. The summed E-state index contributed by atoms with van der Waals surface area (Å²) in [6.07, 6.45) is -0.327. The molecule has 0 atom stereocenters. The molecule has 7 nitrogen and oxygen atoms in total. The van der Waals surface area contributed by atoms with Gasteiger partial charge in [-0.15, -0.1) is 0 Å². The van der Waals surface area contributed by atoms with E-state index < -0.39 is 0 Å². The van der Waals surface area contributed by atoms with Crippen LogP contribution in [0.1, 0.15) is 28.5 Å². The van der Waals surface area contributed by atoms with Crippen LogP contribution in [0, 0.1) is 13.8 Å². The standard InChI is InChI=1S/C25H28N4O3/c1-4-32-25(31)28-14-12-27(13-15-28)24(30)23-17-21(20-8-6-5-7-9-20)26-29(23)22-16-18(2)10-11-19(22)3/h5-11,16-17H,4,12-15H2,1-3H3. The highest BCUT2D eigenvalue weighted by molar-refractivity contribution is 5.94. The van der Waals surface area contributed by atoms with Crippen LogP contribution in [-0.4, -0.2) is 64.4 Å². The zero-order chi connectivity index (χ0) is 22.7. The SMILES string of the molecule is CCOC(=O)N1CCN(C(=O)c2cc(-c3ccccc3)nn2-c2cc(C)ccc2C)CC1. The lowest BCUT2D eigenvalue weighted by Crippen LogP contribution is -2.51. The Labute approximate surface area is 188 Å². The minimum absolute atomic E-state index is 0.0934. The van der Waals surface area contributed by atoms with Gasteiger partial charge in [-0.2, -0.15) is 5.10 Å². The quantitative estimate of drug-likeness (QED) is 0.623. The molecule has 4 rings (SSSR count). The molecule has 0 aliphatic carbocycles. The van der Waals surface area contributed by atoms with Crippen LogP contribution in [0.4, 0.5) is 4.79 Å². The van der Waals surface area contributed by atoms with Crippen molar-refractivity contribution in [2.24, 2.45) is 0 Å². The first-order valence-electron chi connectivity index (χ1n) is 10.9. The average molecular weight is 433 g/mol. The summed E-state index contributed by atoms with van der Waals surface area (Å²) in [5.74, 6) is -0.0934. The molecule has 7 heteroatoms. The van der Waals surface area contributed by atoms with E-state index in [2.05, 4.69) is 6.07 Å². The van der Waals surface area contributed by atoms with E-state index >= 15 is 0 Å². The van der Waals surface area contributed by atoms with Gasteiger partial charge in [0.25, 0.3) is 5.91 Å². The molecular weight excluding hydrogens is 404 g/mol. The van der Waals surface area contributed by atoms with E-state index in [1.165, 1.54) is 0 Å². The number of amides is 2. The van der Waals surface area contributed by atoms with Gasteiger partial charge in [0.1, 0.15) is 5.69 Å². The Kier molecular flexibility index (Phi) is 6.25. The molecule has 32 heavy (non-hydrogen) atoms. The fourth-order valence-corrected chi connectivity index (χ4v) is 3.88. The number of benzene rings is 2. The predicted molar refractivity (Wildman–Crippen MR) is 123 cm³/mol. The number of aromatic nitrogens is 2. The van der Waals surface area contributed by atoms with Crippen molar-refractivity contribution in [2.45, 2.75) is 20.8 Å². The van der Waals surface area contributed by atoms with Gasteiger partial charge in [0, 0.05) is 31.7 Å². The zero-order valence-corrected chi connectivity index (χ0v) is 18.7. The van der Waals surface area contributed by atoms with Gasteiger partial charge in [0.15, 0.2) is 0 Å². The Hall–Kier alpha value is -3.61. The molecule has 0 spiro atoms. The van der Waals surface area contributed by atoms with Crippen LogP contribution in [-0.2, 0) is 4.74 Å². The minimum atomic E-state index is -0.327. The van der Waals surface area contributed by atoms with Crippen molar-refractivity contribution < 1.29 is 14.3 Å². The normalized spacial score (nSPS) is 13.8. The van der Waals surface area contributed by atoms with Crippen LogP contribution < -0.4 is 0 Å². The van der Waals surface area contributed by atoms with Gasteiger partial charge < -0.3 is 14.5 Å². The van der Waals surface area contributed by atoms with Crippen molar-refractivity contribution in [3.8, 4) is 16.9 Å². The number of carbonyl (C=O) groups is 2. The Morgan fingerprint density at radius 2 is 1.62 bits per heavy atom. The molecule has 166 valence electrons. The van der Waals surface area contributed by atoms with E-state index in [1.54, 1.807) is 21.4 Å². The minimum Gasteiger partial charge on any atom is -0.450 e. The second kappa shape index (κ2) is 9.26. The van der Waals surface area contributed by atoms with Crippen LogP contribution in [0.5, 0.6) is 0 Å². The van der Waals surface area contributed by atoms with Crippen molar-refractivity contribution in [3.05, 3.63) is 71.4 Å². The fraction of sp³-hybridized carbons (Fsp3) is 0.320. The van der Waals surface area contributed by atoms with Gasteiger partial charge in [-0.1, -0.05) is 42.5 Å². The topological polar surface area (TPSA) is 67.7 Å². The average Bonchev–Trinajstić information content (AvgIpc) is 3.26. The summed E-state index contributed by atoms with van der Waals surface area (Å²) in [6, 6.07) is 17.9. The van der Waals surface area contributed by atoms with Crippen LogP contribution in [0.3, 0.4) is 0 Å². The van der Waals surface area contributed by atoms with Gasteiger partial charge >= 0.3 is 6.09 Å². The third-order valence-electron chi connectivity index (χ3n) is 5.68. The van der Waals surface area contributed by atoms with Crippen molar-refractivity contribution in [2.75, 3.05) is 32.8 Å². The van der Waals surface area contributed by atoms with E-state index in [4.69, 9.17) is 9.84 Å². The van der Waals surface area contributed by atoms with Crippen LogP contribution in [0.25, 0.3) is 16.9 Å². The first-order chi connectivity index (χ1) is 15.5. The molecule has 0 radical (unpaired) electrons. The Bertz CT molecular complexity index is 1120. The van der Waals surface area contributed by atoms with Crippen molar-refractivity contribution in [1.82, 2.24) is 19.6 Å². The first kappa shape index (κ1) is 21.6. The summed E-state index contributed by atoms with van der Waals surface area (Å²) < 4.78 is 6.84. The third-order valence-corrected chi connectivity index (χ3v) is 5.68. The van der Waals surface area contributed by atoms with Gasteiger partial charge in [-0.3, -0.25) is 4.79 Å². The molecule has 3 aromatic rings. The van der Waals surface area contributed by atoms with Crippen LogP contribution in [0.15, 0.2) is 54.6 Å². The number of ether oxygens (including phenoxy) is 1. The van der Waals surface area contributed by atoms with Crippen molar-refractivity contribution in [1.29, 1.82) is 0 Å². The summed E-state index contributed by atoms with van der Waals surface area (Å²) in [5.41, 5.74) is 5.25. The van der Waals surface area contributed by atoms with Gasteiger partial charge in [-0.05, 0) is 44.0 Å². The number of aryl methyl sites for hydroxylation is 2. The molecule has 2 heterocycles. The molecule has 0 unspecified atom stereocenters. The van der Waals surface area contributed by atoms with E-state index in [9.17, 15) is 9.59 Å². The highest BCUT2D eigenvalue weighted by atomic mass is 16.6. The highest BCUT2D eigenvalue weighted by Gasteiger charge is 2.28.